The Kier molecular flexibility index (Phi) is 5.16. The molecule has 0 aliphatic heterocycles. The molecule has 0 saturated heterocycles. The summed E-state index contributed by atoms with van der Waals surface area (Å²) >= 11 is 0. The molecule has 3 heteroatoms. The molecule has 2 aromatic rings. The molecule has 0 spiro atoms. The van der Waals surface area contributed by atoms with Crippen LogP contribution in [-0.2, 0) is 11.3 Å². The van der Waals surface area contributed by atoms with E-state index >= 15 is 0 Å². The molecule has 2 N–H and O–H groups in total. The molecule has 0 amide bonds. The summed E-state index contributed by atoms with van der Waals surface area (Å²) in [7, 11) is 1.68. The molecule has 2 rings (SSSR count). The normalized spacial score (nSPS) is 12.2. The lowest BCUT2D eigenvalue weighted by molar-refractivity contribution is 0.184. The van der Waals surface area contributed by atoms with Crippen molar-refractivity contribution in [3.05, 3.63) is 59.7 Å². The van der Waals surface area contributed by atoms with Crippen molar-refractivity contribution in [2.45, 2.75) is 26.0 Å². The zero-order chi connectivity index (χ0) is 14.4. The van der Waals surface area contributed by atoms with Crippen LogP contribution in [0.3, 0.4) is 0 Å². The van der Waals surface area contributed by atoms with Crippen molar-refractivity contribution in [3.8, 4) is 11.5 Å². The van der Waals surface area contributed by atoms with Crippen molar-refractivity contribution in [3.63, 3.8) is 0 Å². The van der Waals surface area contributed by atoms with Gasteiger partial charge < -0.3 is 15.2 Å². The van der Waals surface area contributed by atoms with E-state index in [0.717, 1.165) is 29.0 Å². The van der Waals surface area contributed by atoms with Gasteiger partial charge in [0.05, 0.1) is 6.61 Å². The maximum atomic E-state index is 6.13. The summed E-state index contributed by atoms with van der Waals surface area (Å²) in [6.45, 7) is 2.65. The Morgan fingerprint density at radius 1 is 1.10 bits per heavy atom. The molecule has 0 aliphatic carbocycles. The highest BCUT2D eigenvalue weighted by atomic mass is 16.5. The van der Waals surface area contributed by atoms with Crippen LogP contribution in [0.4, 0.5) is 0 Å². The monoisotopic (exact) mass is 271 g/mol. The molecule has 0 saturated carbocycles. The van der Waals surface area contributed by atoms with Crippen LogP contribution in [0.2, 0.25) is 0 Å². The van der Waals surface area contributed by atoms with Gasteiger partial charge in [-0.2, -0.15) is 0 Å². The molecule has 1 atom stereocenters. The van der Waals surface area contributed by atoms with E-state index in [2.05, 4.69) is 6.92 Å². The highest BCUT2D eigenvalue weighted by Gasteiger charge is 2.10. The SMILES string of the molecule is CC[C@@H](N)c1ccccc1Oc1cccc(COC)c1. The predicted octanol–water partition coefficient (Wildman–Crippen LogP) is 4.04. The molecule has 20 heavy (non-hydrogen) atoms. The summed E-state index contributed by atoms with van der Waals surface area (Å²) in [5.74, 6) is 1.62. The van der Waals surface area contributed by atoms with E-state index in [1.165, 1.54) is 0 Å². The van der Waals surface area contributed by atoms with Crippen LogP contribution in [0.25, 0.3) is 0 Å². The van der Waals surface area contributed by atoms with E-state index in [4.69, 9.17) is 15.2 Å². The molecule has 0 aliphatic rings. The summed E-state index contributed by atoms with van der Waals surface area (Å²) < 4.78 is 11.1. The second kappa shape index (κ2) is 7.08. The predicted molar refractivity (Wildman–Crippen MR) is 80.9 cm³/mol. The minimum atomic E-state index is -0.00615. The molecule has 0 unspecified atom stereocenters. The smallest absolute Gasteiger partial charge is 0.132 e. The highest BCUT2D eigenvalue weighted by Crippen LogP contribution is 2.30. The van der Waals surface area contributed by atoms with Crippen molar-refractivity contribution in [1.82, 2.24) is 0 Å². The summed E-state index contributed by atoms with van der Waals surface area (Å²) in [5.41, 5.74) is 8.25. The van der Waals surface area contributed by atoms with Crippen molar-refractivity contribution in [2.75, 3.05) is 7.11 Å². The first-order valence-corrected chi connectivity index (χ1v) is 6.84. The molecule has 0 fully saturated rings. The van der Waals surface area contributed by atoms with E-state index in [1.54, 1.807) is 7.11 Å². The molecule has 3 nitrogen and oxygen atoms in total. The van der Waals surface area contributed by atoms with Gasteiger partial charge in [-0.1, -0.05) is 37.3 Å². The lowest BCUT2D eigenvalue weighted by atomic mass is 10.0. The first-order valence-electron chi connectivity index (χ1n) is 6.84. The van der Waals surface area contributed by atoms with Crippen LogP contribution in [-0.4, -0.2) is 7.11 Å². The van der Waals surface area contributed by atoms with Gasteiger partial charge in [0, 0.05) is 18.7 Å². The van der Waals surface area contributed by atoms with E-state index in [9.17, 15) is 0 Å². The third kappa shape index (κ3) is 3.59. The molecular formula is C17H21NO2. The lowest BCUT2D eigenvalue weighted by Crippen LogP contribution is -2.09. The second-order valence-corrected chi connectivity index (χ2v) is 4.74. The van der Waals surface area contributed by atoms with Gasteiger partial charge in [0.15, 0.2) is 0 Å². The number of benzene rings is 2. The standard InChI is InChI=1S/C17H21NO2/c1-3-16(18)15-9-4-5-10-17(15)20-14-8-6-7-13(11-14)12-19-2/h4-11,16H,3,12,18H2,1-2H3/t16-/m1/s1. The Morgan fingerprint density at radius 2 is 1.90 bits per heavy atom. The van der Waals surface area contributed by atoms with Crippen molar-refractivity contribution in [2.24, 2.45) is 5.73 Å². The van der Waals surface area contributed by atoms with Crippen molar-refractivity contribution >= 4 is 0 Å². The molecule has 0 bridgehead atoms. The summed E-state index contributed by atoms with van der Waals surface area (Å²) in [6.07, 6.45) is 0.879. The highest BCUT2D eigenvalue weighted by molar-refractivity contribution is 5.40. The Morgan fingerprint density at radius 3 is 2.65 bits per heavy atom. The number of hydrogen-bond acceptors (Lipinski definition) is 3. The molecule has 0 aromatic heterocycles. The maximum Gasteiger partial charge on any atom is 0.132 e. The van der Waals surface area contributed by atoms with Gasteiger partial charge in [0.25, 0.3) is 0 Å². The van der Waals surface area contributed by atoms with Gasteiger partial charge in [-0.25, -0.2) is 0 Å². The number of methoxy groups -OCH3 is 1. The Hall–Kier alpha value is -1.84. The van der Waals surface area contributed by atoms with Gasteiger partial charge >= 0.3 is 0 Å². The number of rotatable bonds is 6. The topological polar surface area (TPSA) is 44.5 Å². The number of ether oxygens (including phenoxy) is 2. The van der Waals surface area contributed by atoms with Crippen LogP contribution in [0.15, 0.2) is 48.5 Å². The van der Waals surface area contributed by atoms with Gasteiger partial charge in [-0.05, 0) is 30.2 Å². The number of hydrogen-bond donors (Lipinski definition) is 1. The molecule has 2 aromatic carbocycles. The Bertz CT molecular complexity index is 554. The van der Waals surface area contributed by atoms with Crippen LogP contribution in [0.5, 0.6) is 11.5 Å². The minimum Gasteiger partial charge on any atom is -0.457 e. The molecule has 0 heterocycles. The molecular weight excluding hydrogens is 250 g/mol. The van der Waals surface area contributed by atoms with Crippen LogP contribution < -0.4 is 10.5 Å². The maximum absolute atomic E-state index is 6.13. The number of nitrogens with two attached hydrogens (primary N) is 1. The Labute approximate surface area is 120 Å². The number of para-hydroxylation sites is 1. The average Bonchev–Trinajstić information content (AvgIpc) is 2.48. The zero-order valence-corrected chi connectivity index (χ0v) is 12.0. The van der Waals surface area contributed by atoms with E-state index in [-0.39, 0.29) is 6.04 Å². The first-order chi connectivity index (χ1) is 9.74. The summed E-state index contributed by atoms with van der Waals surface area (Å²) in [4.78, 5) is 0. The lowest BCUT2D eigenvalue weighted by Gasteiger charge is -2.15. The first kappa shape index (κ1) is 14.6. The van der Waals surface area contributed by atoms with Crippen molar-refractivity contribution < 1.29 is 9.47 Å². The molecule has 106 valence electrons. The zero-order valence-electron chi connectivity index (χ0n) is 12.0. The van der Waals surface area contributed by atoms with Crippen LogP contribution in [0.1, 0.15) is 30.5 Å². The summed E-state index contributed by atoms with van der Waals surface area (Å²) in [5, 5.41) is 0. The van der Waals surface area contributed by atoms with Crippen LogP contribution in [0, 0.1) is 0 Å². The van der Waals surface area contributed by atoms with Gasteiger partial charge in [-0.3, -0.25) is 0 Å². The van der Waals surface area contributed by atoms with E-state index in [0.29, 0.717) is 6.61 Å². The van der Waals surface area contributed by atoms with Gasteiger partial charge in [-0.15, -0.1) is 0 Å². The fourth-order valence-electron chi connectivity index (χ4n) is 2.09. The van der Waals surface area contributed by atoms with Gasteiger partial charge in [0.2, 0.25) is 0 Å². The van der Waals surface area contributed by atoms with Crippen LogP contribution >= 0.6 is 0 Å². The Balaban J connectivity index is 2.23. The third-order valence-electron chi connectivity index (χ3n) is 3.20. The largest absolute Gasteiger partial charge is 0.457 e. The fraction of sp³-hybridized carbons (Fsp3) is 0.294. The average molecular weight is 271 g/mol. The minimum absolute atomic E-state index is 0.00615. The quantitative estimate of drug-likeness (QED) is 0.862. The second-order valence-electron chi connectivity index (χ2n) is 4.74. The molecule has 0 radical (unpaired) electrons. The fourth-order valence-corrected chi connectivity index (χ4v) is 2.09. The van der Waals surface area contributed by atoms with Gasteiger partial charge in [0.1, 0.15) is 11.5 Å². The third-order valence-corrected chi connectivity index (χ3v) is 3.20. The summed E-state index contributed by atoms with van der Waals surface area (Å²) in [6, 6.07) is 15.8. The van der Waals surface area contributed by atoms with Crippen molar-refractivity contribution in [1.29, 1.82) is 0 Å². The van der Waals surface area contributed by atoms with E-state index < -0.39 is 0 Å². The van der Waals surface area contributed by atoms with E-state index in [1.807, 2.05) is 48.5 Å².